The van der Waals surface area contributed by atoms with E-state index in [2.05, 4.69) is 34.4 Å². The van der Waals surface area contributed by atoms with Crippen LogP contribution in [0.4, 0.5) is 11.6 Å². The zero-order chi connectivity index (χ0) is 13.0. The lowest BCUT2D eigenvalue weighted by molar-refractivity contribution is 0.554. The number of hydrogen-bond acceptors (Lipinski definition) is 4. The molecule has 1 saturated carbocycles. The largest absolute Gasteiger partial charge is 0.370 e. The molecular formula is C14H24N4. The molecule has 1 aliphatic rings. The Balaban J connectivity index is 2.05. The van der Waals surface area contributed by atoms with Crippen LogP contribution in [0.1, 0.15) is 45.4 Å². The van der Waals surface area contributed by atoms with Gasteiger partial charge in [0.2, 0.25) is 0 Å². The molecule has 4 heteroatoms. The maximum atomic E-state index is 4.48. The number of nitrogens with zero attached hydrogens (tertiary/aromatic N) is 2. The lowest BCUT2D eigenvalue weighted by Gasteiger charge is -2.18. The fraction of sp³-hybridized carbons (Fsp3) is 0.714. The van der Waals surface area contributed by atoms with Crippen molar-refractivity contribution < 1.29 is 0 Å². The van der Waals surface area contributed by atoms with Crippen LogP contribution >= 0.6 is 0 Å². The normalized spacial score (nSPS) is 23.1. The van der Waals surface area contributed by atoms with E-state index in [1.807, 2.05) is 13.0 Å². The quantitative estimate of drug-likeness (QED) is 0.840. The summed E-state index contributed by atoms with van der Waals surface area (Å²) < 4.78 is 0. The van der Waals surface area contributed by atoms with Gasteiger partial charge in [-0.3, -0.25) is 0 Å². The molecule has 2 unspecified atom stereocenters. The van der Waals surface area contributed by atoms with Crippen molar-refractivity contribution in [3.05, 3.63) is 11.9 Å². The number of aromatic nitrogens is 2. The summed E-state index contributed by atoms with van der Waals surface area (Å²) in [4.78, 5) is 8.88. The Morgan fingerprint density at radius 1 is 1.28 bits per heavy atom. The molecule has 2 atom stereocenters. The zero-order valence-corrected chi connectivity index (χ0v) is 11.7. The topological polar surface area (TPSA) is 49.8 Å². The highest BCUT2D eigenvalue weighted by Gasteiger charge is 2.23. The predicted molar refractivity (Wildman–Crippen MR) is 76.0 cm³/mol. The Morgan fingerprint density at radius 3 is 2.72 bits per heavy atom. The summed E-state index contributed by atoms with van der Waals surface area (Å²) >= 11 is 0. The minimum atomic E-state index is 0.568. The molecule has 18 heavy (non-hydrogen) atoms. The van der Waals surface area contributed by atoms with Crippen molar-refractivity contribution in [3.63, 3.8) is 0 Å². The van der Waals surface area contributed by atoms with E-state index < -0.39 is 0 Å². The molecule has 0 bridgehead atoms. The second-order valence-electron chi connectivity index (χ2n) is 5.27. The molecule has 0 amide bonds. The van der Waals surface area contributed by atoms with Gasteiger partial charge in [0.1, 0.15) is 17.5 Å². The van der Waals surface area contributed by atoms with Gasteiger partial charge in [-0.25, -0.2) is 9.97 Å². The van der Waals surface area contributed by atoms with E-state index in [1.54, 1.807) is 0 Å². The number of rotatable bonds is 5. The summed E-state index contributed by atoms with van der Waals surface area (Å²) in [5.41, 5.74) is 0. The highest BCUT2D eigenvalue weighted by atomic mass is 15.1. The molecule has 0 aromatic carbocycles. The number of aryl methyl sites for hydroxylation is 1. The standard InChI is InChI=1S/C14H24N4/c1-4-8-15-13-9-14(17-11(3)16-13)18-12-7-5-6-10(12)2/h9-10,12H,4-8H2,1-3H3,(H2,15,16,17,18). The average Bonchev–Trinajstić information content (AvgIpc) is 2.72. The summed E-state index contributed by atoms with van der Waals surface area (Å²) in [6.07, 6.45) is 5.00. The first-order valence-electron chi connectivity index (χ1n) is 7.05. The predicted octanol–water partition coefficient (Wildman–Crippen LogP) is 3.21. The van der Waals surface area contributed by atoms with Crippen molar-refractivity contribution in [1.29, 1.82) is 0 Å². The van der Waals surface area contributed by atoms with Crippen LogP contribution in [-0.2, 0) is 0 Å². The number of nitrogens with one attached hydrogen (secondary N) is 2. The van der Waals surface area contributed by atoms with Crippen LogP contribution < -0.4 is 10.6 Å². The molecular weight excluding hydrogens is 224 g/mol. The molecule has 1 aromatic heterocycles. The van der Waals surface area contributed by atoms with E-state index in [9.17, 15) is 0 Å². The fourth-order valence-electron chi connectivity index (χ4n) is 2.54. The Morgan fingerprint density at radius 2 is 2.06 bits per heavy atom. The minimum Gasteiger partial charge on any atom is -0.370 e. The second-order valence-corrected chi connectivity index (χ2v) is 5.27. The summed E-state index contributed by atoms with van der Waals surface area (Å²) in [6, 6.07) is 2.59. The molecule has 0 spiro atoms. The SMILES string of the molecule is CCCNc1cc(NC2CCCC2C)nc(C)n1. The highest BCUT2D eigenvalue weighted by Crippen LogP contribution is 2.27. The first-order valence-corrected chi connectivity index (χ1v) is 7.05. The van der Waals surface area contributed by atoms with Gasteiger partial charge in [0.25, 0.3) is 0 Å². The Kier molecular flexibility index (Phi) is 4.39. The van der Waals surface area contributed by atoms with E-state index >= 15 is 0 Å². The van der Waals surface area contributed by atoms with E-state index in [-0.39, 0.29) is 0 Å². The molecule has 1 aromatic rings. The molecule has 2 rings (SSSR count). The van der Waals surface area contributed by atoms with Crippen molar-refractivity contribution in [3.8, 4) is 0 Å². The lowest BCUT2D eigenvalue weighted by Crippen LogP contribution is -2.22. The van der Waals surface area contributed by atoms with Crippen molar-refractivity contribution in [2.45, 2.75) is 52.5 Å². The summed E-state index contributed by atoms with van der Waals surface area (Å²) in [7, 11) is 0. The third-order valence-electron chi connectivity index (χ3n) is 3.59. The van der Waals surface area contributed by atoms with Crippen LogP contribution in [0.3, 0.4) is 0 Å². The zero-order valence-electron chi connectivity index (χ0n) is 11.7. The second kappa shape index (κ2) is 6.03. The summed E-state index contributed by atoms with van der Waals surface area (Å²) in [5, 5.41) is 6.88. The Labute approximate surface area is 110 Å². The third kappa shape index (κ3) is 3.34. The van der Waals surface area contributed by atoms with Gasteiger partial charge in [-0.1, -0.05) is 20.3 Å². The van der Waals surface area contributed by atoms with Crippen molar-refractivity contribution in [1.82, 2.24) is 9.97 Å². The maximum Gasteiger partial charge on any atom is 0.132 e. The van der Waals surface area contributed by atoms with Gasteiger partial charge in [0.15, 0.2) is 0 Å². The van der Waals surface area contributed by atoms with E-state index in [0.29, 0.717) is 6.04 Å². The van der Waals surface area contributed by atoms with Gasteiger partial charge in [-0.15, -0.1) is 0 Å². The molecule has 2 N–H and O–H groups in total. The lowest BCUT2D eigenvalue weighted by atomic mass is 10.1. The van der Waals surface area contributed by atoms with E-state index in [0.717, 1.165) is 36.3 Å². The highest BCUT2D eigenvalue weighted by molar-refractivity contribution is 5.48. The molecule has 1 aliphatic carbocycles. The molecule has 0 saturated heterocycles. The monoisotopic (exact) mass is 248 g/mol. The third-order valence-corrected chi connectivity index (χ3v) is 3.59. The molecule has 0 radical (unpaired) electrons. The van der Waals surface area contributed by atoms with Crippen LogP contribution in [0.5, 0.6) is 0 Å². The van der Waals surface area contributed by atoms with E-state index in [1.165, 1.54) is 19.3 Å². The van der Waals surface area contributed by atoms with Gasteiger partial charge in [0, 0.05) is 18.7 Å². The van der Waals surface area contributed by atoms with Gasteiger partial charge in [0.05, 0.1) is 0 Å². The van der Waals surface area contributed by atoms with Crippen molar-refractivity contribution in [2.24, 2.45) is 5.92 Å². The Bertz CT molecular complexity index is 391. The first-order chi connectivity index (χ1) is 8.69. The van der Waals surface area contributed by atoms with Crippen molar-refractivity contribution >= 4 is 11.6 Å². The van der Waals surface area contributed by atoms with Crippen LogP contribution in [0, 0.1) is 12.8 Å². The number of anilines is 2. The van der Waals surface area contributed by atoms with E-state index in [4.69, 9.17) is 0 Å². The molecule has 0 aliphatic heterocycles. The van der Waals surface area contributed by atoms with Crippen LogP contribution in [0.15, 0.2) is 6.07 Å². The van der Waals surface area contributed by atoms with Gasteiger partial charge >= 0.3 is 0 Å². The van der Waals surface area contributed by atoms with Crippen LogP contribution in [0.2, 0.25) is 0 Å². The average molecular weight is 248 g/mol. The van der Waals surface area contributed by atoms with Gasteiger partial charge < -0.3 is 10.6 Å². The smallest absolute Gasteiger partial charge is 0.132 e. The van der Waals surface area contributed by atoms with Gasteiger partial charge in [-0.2, -0.15) is 0 Å². The summed E-state index contributed by atoms with van der Waals surface area (Å²) in [5.74, 6) is 3.45. The van der Waals surface area contributed by atoms with Crippen LogP contribution in [0.25, 0.3) is 0 Å². The van der Waals surface area contributed by atoms with Crippen LogP contribution in [-0.4, -0.2) is 22.6 Å². The minimum absolute atomic E-state index is 0.568. The molecule has 4 nitrogen and oxygen atoms in total. The molecule has 1 heterocycles. The maximum absolute atomic E-state index is 4.48. The number of hydrogen-bond donors (Lipinski definition) is 2. The Hall–Kier alpha value is -1.32. The summed E-state index contributed by atoms with van der Waals surface area (Å²) in [6.45, 7) is 7.37. The fourth-order valence-corrected chi connectivity index (χ4v) is 2.54. The molecule has 100 valence electrons. The van der Waals surface area contributed by atoms with Crippen molar-refractivity contribution in [2.75, 3.05) is 17.2 Å². The molecule has 1 fully saturated rings. The first kappa shape index (κ1) is 13.1. The van der Waals surface area contributed by atoms with Gasteiger partial charge in [-0.05, 0) is 32.1 Å².